The summed E-state index contributed by atoms with van der Waals surface area (Å²) < 4.78 is 10.8. The van der Waals surface area contributed by atoms with Crippen molar-refractivity contribution in [2.24, 2.45) is 0 Å². The first-order chi connectivity index (χ1) is 7.33. The van der Waals surface area contributed by atoms with Gasteiger partial charge in [-0.25, -0.2) is 0 Å². The van der Waals surface area contributed by atoms with Crippen molar-refractivity contribution in [2.45, 2.75) is 19.8 Å². The number of para-hydroxylation sites is 1. The highest BCUT2D eigenvalue weighted by molar-refractivity contribution is 5.95. The van der Waals surface area contributed by atoms with Gasteiger partial charge >= 0.3 is 0 Å². The molecule has 0 fully saturated rings. The lowest BCUT2D eigenvalue weighted by molar-refractivity contribution is 0.282. The molecule has 0 bridgehead atoms. The van der Waals surface area contributed by atoms with Gasteiger partial charge in [-0.05, 0) is 31.4 Å². The Morgan fingerprint density at radius 3 is 3.20 bits per heavy atom. The highest BCUT2D eigenvalue weighted by atomic mass is 16.5. The van der Waals surface area contributed by atoms with Crippen molar-refractivity contribution in [1.82, 2.24) is 0 Å². The van der Waals surface area contributed by atoms with Gasteiger partial charge in [0.2, 0.25) is 5.90 Å². The lowest BCUT2D eigenvalue weighted by Gasteiger charge is -2.20. The highest BCUT2D eigenvalue weighted by Gasteiger charge is 2.17. The fourth-order valence-electron chi connectivity index (χ4n) is 1.79. The van der Waals surface area contributed by atoms with Crippen LogP contribution in [0.1, 0.15) is 24.5 Å². The summed E-state index contributed by atoms with van der Waals surface area (Å²) in [5.74, 6) is 1.04. The molecule has 0 unspecified atom stereocenters. The molecule has 0 amide bonds. The second-order valence-electron chi connectivity index (χ2n) is 3.51. The Morgan fingerprint density at radius 1 is 1.53 bits per heavy atom. The lowest BCUT2D eigenvalue weighted by Crippen LogP contribution is -2.14. The van der Waals surface area contributed by atoms with Crippen molar-refractivity contribution in [3.63, 3.8) is 0 Å². The number of rotatable bonds is 2. The van der Waals surface area contributed by atoms with Crippen molar-refractivity contribution < 1.29 is 9.47 Å². The van der Waals surface area contributed by atoms with Crippen LogP contribution in [0.15, 0.2) is 18.2 Å². The maximum absolute atomic E-state index is 7.77. The van der Waals surface area contributed by atoms with Gasteiger partial charge < -0.3 is 9.47 Å². The highest BCUT2D eigenvalue weighted by Crippen LogP contribution is 2.29. The van der Waals surface area contributed by atoms with Gasteiger partial charge in [0.05, 0.1) is 18.8 Å². The maximum Gasteiger partial charge on any atom is 0.217 e. The molecule has 1 aromatic carbocycles. The van der Waals surface area contributed by atoms with Crippen molar-refractivity contribution in [3.8, 4) is 5.75 Å². The average molecular weight is 205 g/mol. The maximum atomic E-state index is 7.77. The Kier molecular flexibility index (Phi) is 2.90. The van der Waals surface area contributed by atoms with E-state index in [-0.39, 0.29) is 5.90 Å². The zero-order valence-electron chi connectivity index (χ0n) is 8.88. The van der Waals surface area contributed by atoms with Crippen molar-refractivity contribution in [1.29, 1.82) is 5.41 Å². The van der Waals surface area contributed by atoms with Crippen LogP contribution in [0, 0.1) is 5.41 Å². The molecule has 1 aromatic rings. The first-order valence-electron chi connectivity index (χ1n) is 5.29. The van der Waals surface area contributed by atoms with Crippen LogP contribution in [0.4, 0.5) is 0 Å². The van der Waals surface area contributed by atoms with Gasteiger partial charge in [-0.1, -0.05) is 12.1 Å². The molecule has 3 heteroatoms. The van der Waals surface area contributed by atoms with Crippen LogP contribution in [0.5, 0.6) is 5.75 Å². The second kappa shape index (κ2) is 4.34. The smallest absolute Gasteiger partial charge is 0.217 e. The zero-order valence-corrected chi connectivity index (χ0v) is 8.88. The summed E-state index contributed by atoms with van der Waals surface area (Å²) in [5.41, 5.74) is 1.96. The summed E-state index contributed by atoms with van der Waals surface area (Å²) in [7, 11) is 0. The summed E-state index contributed by atoms with van der Waals surface area (Å²) in [6.07, 6.45) is 2.08. The van der Waals surface area contributed by atoms with Gasteiger partial charge in [0.1, 0.15) is 5.75 Å². The summed E-state index contributed by atoms with van der Waals surface area (Å²) >= 11 is 0. The van der Waals surface area contributed by atoms with Crippen LogP contribution in [0.3, 0.4) is 0 Å². The van der Waals surface area contributed by atoms with Crippen molar-refractivity contribution in [3.05, 3.63) is 29.3 Å². The monoisotopic (exact) mass is 205 g/mol. The largest absolute Gasteiger partial charge is 0.492 e. The molecule has 0 saturated heterocycles. The SMILES string of the molecule is CCOC(=N)c1cccc2c1OCCC2. The number of hydrogen-bond acceptors (Lipinski definition) is 3. The third kappa shape index (κ3) is 1.96. The molecule has 15 heavy (non-hydrogen) atoms. The molecule has 3 nitrogen and oxygen atoms in total. The number of aryl methyl sites for hydroxylation is 1. The Bertz CT molecular complexity index is 374. The molecule has 0 radical (unpaired) electrons. The molecule has 1 heterocycles. The molecule has 2 rings (SSSR count). The van der Waals surface area contributed by atoms with E-state index in [0.29, 0.717) is 6.61 Å². The molecule has 0 aliphatic carbocycles. The van der Waals surface area contributed by atoms with Gasteiger partial charge in [0.15, 0.2) is 0 Å². The van der Waals surface area contributed by atoms with E-state index in [2.05, 4.69) is 6.07 Å². The fraction of sp³-hybridized carbons (Fsp3) is 0.417. The van der Waals surface area contributed by atoms with E-state index < -0.39 is 0 Å². The predicted molar refractivity (Wildman–Crippen MR) is 58.7 cm³/mol. The summed E-state index contributed by atoms with van der Waals surface area (Å²) in [4.78, 5) is 0. The predicted octanol–water partition coefficient (Wildman–Crippen LogP) is 2.37. The summed E-state index contributed by atoms with van der Waals surface area (Å²) in [5, 5.41) is 7.77. The lowest BCUT2D eigenvalue weighted by atomic mass is 10.0. The van der Waals surface area contributed by atoms with Crippen molar-refractivity contribution >= 4 is 5.90 Å². The van der Waals surface area contributed by atoms with Gasteiger partial charge in [0, 0.05) is 0 Å². The van der Waals surface area contributed by atoms with Gasteiger partial charge in [-0.2, -0.15) is 0 Å². The van der Waals surface area contributed by atoms with Crippen LogP contribution >= 0.6 is 0 Å². The molecule has 0 aromatic heterocycles. The van der Waals surface area contributed by atoms with E-state index in [0.717, 1.165) is 30.8 Å². The van der Waals surface area contributed by atoms with Crippen molar-refractivity contribution in [2.75, 3.05) is 13.2 Å². The second-order valence-corrected chi connectivity index (χ2v) is 3.51. The molecule has 0 spiro atoms. The minimum absolute atomic E-state index is 0.205. The van der Waals surface area contributed by atoms with Crippen LogP contribution < -0.4 is 4.74 Å². The third-order valence-electron chi connectivity index (χ3n) is 2.47. The van der Waals surface area contributed by atoms with E-state index in [4.69, 9.17) is 14.9 Å². The first kappa shape index (κ1) is 10.0. The van der Waals surface area contributed by atoms with Gasteiger partial charge in [-0.3, -0.25) is 5.41 Å². The topological polar surface area (TPSA) is 42.3 Å². The number of benzene rings is 1. The minimum Gasteiger partial charge on any atom is -0.492 e. The van der Waals surface area contributed by atoms with Crippen LogP contribution in [-0.4, -0.2) is 19.1 Å². The molecule has 0 saturated carbocycles. The van der Waals surface area contributed by atoms with E-state index in [9.17, 15) is 0 Å². The average Bonchev–Trinajstić information content (AvgIpc) is 2.28. The Morgan fingerprint density at radius 2 is 2.40 bits per heavy atom. The Hall–Kier alpha value is -1.51. The van der Waals surface area contributed by atoms with Gasteiger partial charge in [0.25, 0.3) is 0 Å². The first-order valence-corrected chi connectivity index (χ1v) is 5.29. The van der Waals surface area contributed by atoms with Crippen LogP contribution in [-0.2, 0) is 11.2 Å². The fourth-order valence-corrected chi connectivity index (χ4v) is 1.79. The van der Waals surface area contributed by atoms with E-state index in [1.54, 1.807) is 0 Å². The van der Waals surface area contributed by atoms with E-state index in [1.807, 2.05) is 19.1 Å². The number of nitrogens with one attached hydrogen (secondary N) is 1. The summed E-state index contributed by atoms with van der Waals surface area (Å²) in [6.45, 7) is 3.14. The normalized spacial score (nSPS) is 13.9. The van der Waals surface area contributed by atoms with E-state index in [1.165, 1.54) is 5.56 Å². The Labute approximate surface area is 89.5 Å². The van der Waals surface area contributed by atoms with Gasteiger partial charge in [-0.15, -0.1) is 0 Å². The molecular weight excluding hydrogens is 190 g/mol. The summed E-state index contributed by atoms with van der Waals surface area (Å²) in [6, 6.07) is 5.88. The van der Waals surface area contributed by atoms with Crippen LogP contribution in [0.2, 0.25) is 0 Å². The third-order valence-corrected chi connectivity index (χ3v) is 2.47. The van der Waals surface area contributed by atoms with E-state index >= 15 is 0 Å². The molecule has 0 atom stereocenters. The quantitative estimate of drug-likeness (QED) is 0.595. The standard InChI is InChI=1S/C12H15NO2/c1-2-14-12(13)10-7-3-5-9-6-4-8-15-11(9)10/h3,5,7,13H,2,4,6,8H2,1H3. The van der Waals surface area contributed by atoms with Crippen LogP contribution in [0.25, 0.3) is 0 Å². The molecule has 80 valence electrons. The minimum atomic E-state index is 0.205. The number of hydrogen-bond donors (Lipinski definition) is 1. The molecular formula is C12H15NO2. The molecule has 1 N–H and O–H groups in total. The molecule has 1 aliphatic heterocycles. The zero-order chi connectivity index (χ0) is 10.7. The number of ether oxygens (including phenoxy) is 2. The molecule has 1 aliphatic rings. The Balaban J connectivity index is 2.34. The number of fused-ring (bicyclic) bond motifs is 1.